The number of para-hydroxylation sites is 1. The molecule has 2 rings (SSSR count). The molecule has 4 heteroatoms. The lowest BCUT2D eigenvalue weighted by Gasteiger charge is -2.00. The van der Waals surface area contributed by atoms with Crippen molar-refractivity contribution in [1.29, 1.82) is 0 Å². The van der Waals surface area contributed by atoms with Gasteiger partial charge in [0.25, 0.3) is 0 Å². The molecule has 0 heterocycles. The van der Waals surface area contributed by atoms with E-state index >= 15 is 0 Å². The molecule has 0 saturated carbocycles. The summed E-state index contributed by atoms with van der Waals surface area (Å²) in [6.07, 6.45) is 1.64. The molecule has 0 aliphatic heterocycles. The number of hydrogen-bond donors (Lipinski definition) is 3. The van der Waals surface area contributed by atoms with Crippen LogP contribution >= 0.6 is 25.3 Å². The summed E-state index contributed by atoms with van der Waals surface area (Å²) in [7, 11) is 0. The highest BCUT2D eigenvalue weighted by Crippen LogP contribution is 2.22. The normalized spacial score (nSPS) is 12.0. The molecule has 0 aliphatic rings. The summed E-state index contributed by atoms with van der Waals surface area (Å²) in [5.41, 5.74) is 2.49. The molecule has 0 spiro atoms. The van der Waals surface area contributed by atoms with Gasteiger partial charge in [-0.25, -0.2) is 0 Å². The molecule has 19 heavy (non-hydrogen) atoms. The van der Waals surface area contributed by atoms with E-state index in [4.69, 9.17) is 0 Å². The zero-order valence-corrected chi connectivity index (χ0v) is 11.9. The Labute approximate surface area is 123 Å². The highest BCUT2D eigenvalue weighted by molar-refractivity contribution is 7.92. The van der Waals surface area contributed by atoms with E-state index in [2.05, 4.69) is 30.2 Å². The molecule has 2 nitrogen and oxygen atoms in total. The van der Waals surface area contributed by atoms with Crippen LogP contribution in [0.4, 0.5) is 5.69 Å². The zero-order valence-electron chi connectivity index (χ0n) is 10.1. The second kappa shape index (κ2) is 6.50. The number of nitrogens with zero attached hydrogens (tertiary/aromatic N) is 1. The van der Waals surface area contributed by atoms with E-state index in [0.717, 1.165) is 16.2 Å². The Bertz CT molecular complexity index is 618. The standard InChI is InChI=1S/C15H13NOS2/c17-14-4-2-1-3-12(14)9-16-13-7-5-11(6-8-13)15(19)10-18/h1-10,17-19H/b15-10-,16-9?. The van der Waals surface area contributed by atoms with Crippen LogP contribution in [0.2, 0.25) is 0 Å². The Morgan fingerprint density at radius 3 is 2.37 bits per heavy atom. The molecule has 0 saturated heterocycles. The lowest BCUT2D eigenvalue weighted by molar-refractivity contribution is 0.474. The number of rotatable bonds is 3. The fourth-order valence-electron chi connectivity index (χ4n) is 1.53. The fourth-order valence-corrected chi connectivity index (χ4v) is 1.83. The summed E-state index contributed by atoms with van der Waals surface area (Å²) in [6.45, 7) is 0. The SMILES string of the molecule is Oc1ccccc1C=Nc1ccc(/C(S)=C/S)cc1. The average molecular weight is 287 g/mol. The minimum Gasteiger partial charge on any atom is -0.507 e. The minimum atomic E-state index is 0.221. The minimum absolute atomic E-state index is 0.221. The van der Waals surface area contributed by atoms with E-state index in [-0.39, 0.29) is 5.75 Å². The third-order valence-corrected chi connectivity index (χ3v) is 3.42. The average Bonchev–Trinajstić information content (AvgIpc) is 2.46. The van der Waals surface area contributed by atoms with Gasteiger partial charge in [-0.1, -0.05) is 24.3 Å². The van der Waals surface area contributed by atoms with Gasteiger partial charge in [0, 0.05) is 16.7 Å². The first-order valence-electron chi connectivity index (χ1n) is 5.66. The van der Waals surface area contributed by atoms with Crippen LogP contribution in [0.5, 0.6) is 5.75 Å². The van der Waals surface area contributed by atoms with Crippen LogP contribution in [0, 0.1) is 0 Å². The van der Waals surface area contributed by atoms with Crippen LogP contribution in [0.3, 0.4) is 0 Å². The lowest BCUT2D eigenvalue weighted by Crippen LogP contribution is -1.81. The van der Waals surface area contributed by atoms with Crippen molar-refractivity contribution in [3.8, 4) is 5.75 Å². The summed E-state index contributed by atoms with van der Waals surface area (Å²) >= 11 is 8.35. The molecule has 0 bridgehead atoms. The van der Waals surface area contributed by atoms with Crippen LogP contribution in [0.25, 0.3) is 4.91 Å². The molecule has 96 valence electrons. The molecule has 0 unspecified atom stereocenters. The monoisotopic (exact) mass is 287 g/mol. The first kappa shape index (κ1) is 13.8. The van der Waals surface area contributed by atoms with Gasteiger partial charge >= 0.3 is 0 Å². The van der Waals surface area contributed by atoms with Crippen LogP contribution in [0.15, 0.2) is 58.9 Å². The molecular weight excluding hydrogens is 274 g/mol. The van der Waals surface area contributed by atoms with E-state index < -0.39 is 0 Å². The van der Waals surface area contributed by atoms with Gasteiger partial charge in [-0.2, -0.15) is 12.6 Å². The molecule has 2 aromatic carbocycles. The van der Waals surface area contributed by atoms with Crippen LogP contribution in [-0.4, -0.2) is 11.3 Å². The number of hydrogen-bond acceptors (Lipinski definition) is 4. The zero-order chi connectivity index (χ0) is 13.7. The van der Waals surface area contributed by atoms with Crippen molar-refractivity contribution >= 4 is 42.1 Å². The number of thiol groups is 2. The third kappa shape index (κ3) is 3.66. The molecular formula is C15H13NOS2. The van der Waals surface area contributed by atoms with E-state index in [1.165, 1.54) is 0 Å². The van der Waals surface area contributed by atoms with E-state index in [0.29, 0.717) is 5.56 Å². The molecule has 0 amide bonds. The smallest absolute Gasteiger partial charge is 0.124 e. The van der Waals surface area contributed by atoms with Gasteiger partial charge < -0.3 is 5.11 Å². The maximum Gasteiger partial charge on any atom is 0.124 e. The van der Waals surface area contributed by atoms with Crippen molar-refractivity contribution in [3.05, 3.63) is 65.1 Å². The summed E-state index contributed by atoms with van der Waals surface area (Å²) in [4.78, 5) is 5.12. The maximum atomic E-state index is 9.62. The van der Waals surface area contributed by atoms with Crippen molar-refractivity contribution in [1.82, 2.24) is 0 Å². The van der Waals surface area contributed by atoms with Crippen LogP contribution < -0.4 is 0 Å². The Kier molecular flexibility index (Phi) is 4.71. The number of benzene rings is 2. The first-order chi connectivity index (χ1) is 9.20. The lowest BCUT2D eigenvalue weighted by atomic mass is 10.2. The summed E-state index contributed by atoms with van der Waals surface area (Å²) in [6, 6.07) is 14.7. The molecule has 0 aromatic heterocycles. The number of aromatic hydroxyl groups is 1. The number of aliphatic imine (C=N–C) groups is 1. The number of phenols is 1. The molecule has 0 fully saturated rings. The van der Waals surface area contributed by atoms with Gasteiger partial charge in [-0.05, 0) is 35.2 Å². The molecule has 1 N–H and O–H groups in total. The van der Waals surface area contributed by atoms with E-state index in [9.17, 15) is 5.11 Å². The molecule has 0 radical (unpaired) electrons. The van der Waals surface area contributed by atoms with Crippen molar-refractivity contribution in [3.63, 3.8) is 0 Å². The van der Waals surface area contributed by atoms with Crippen LogP contribution in [-0.2, 0) is 0 Å². The van der Waals surface area contributed by atoms with Crippen molar-refractivity contribution < 1.29 is 5.11 Å². The predicted molar refractivity (Wildman–Crippen MR) is 87.8 cm³/mol. The Balaban J connectivity index is 2.18. The van der Waals surface area contributed by atoms with Gasteiger partial charge in [0.2, 0.25) is 0 Å². The second-order valence-corrected chi connectivity index (χ2v) is 4.62. The van der Waals surface area contributed by atoms with E-state index in [1.807, 2.05) is 36.4 Å². The molecule has 2 aromatic rings. The topological polar surface area (TPSA) is 32.6 Å². The van der Waals surface area contributed by atoms with Gasteiger partial charge in [-0.3, -0.25) is 4.99 Å². The van der Waals surface area contributed by atoms with Crippen molar-refractivity contribution in [2.75, 3.05) is 0 Å². The fraction of sp³-hybridized carbons (Fsp3) is 0. The molecule has 0 aliphatic carbocycles. The quantitative estimate of drug-likeness (QED) is 0.571. The molecule has 0 atom stereocenters. The maximum absolute atomic E-state index is 9.62. The van der Waals surface area contributed by atoms with E-state index in [1.54, 1.807) is 23.8 Å². The van der Waals surface area contributed by atoms with Gasteiger partial charge in [0.1, 0.15) is 5.75 Å². The van der Waals surface area contributed by atoms with Crippen LogP contribution in [0.1, 0.15) is 11.1 Å². The Morgan fingerprint density at radius 1 is 1.05 bits per heavy atom. The Morgan fingerprint density at radius 2 is 1.74 bits per heavy atom. The largest absolute Gasteiger partial charge is 0.507 e. The second-order valence-electron chi connectivity index (χ2n) is 3.88. The highest BCUT2D eigenvalue weighted by atomic mass is 32.1. The highest BCUT2D eigenvalue weighted by Gasteiger charge is 1.97. The van der Waals surface area contributed by atoms with Gasteiger partial charge in [0.05, 0.1) is 5.69 Å². The Hall–Kier alpha value is -1.65. The van der Waals surface area contributed by atoms with Crippen molar-refractivity contribution in [2.45, 2.75) is 0 Å². The summed E-state index contributed by atoms with van der Waals surface area (Å²) < 4.78 is 0. The summed E-state index contributed by atoms with van der Waals surface area (Å²) in [5, 5.41) is 11.3. The van der Waals surface area contributed by atoms with Gasteiger partial charge in [-0.15, -0.1) is 12.6 Å². The first-order valence-corrected chi connectivity index (χ1v) is 6.63. The summed E-state index contributed by atoms with van der Waals surface area (Å²) in [5.74, 6) is 0.221. The van der Waals surface area contributed by atoms with Gasteiger partial charge in [0.15, 0.2) is 0 Å². The predicted octanol–water partition coefficient (Wildman–Crippen LogP) is 4.30. The van der Waals surface area contributed by atoms with Crippen molar-refractivity contribution in [2.24, 2.45) is 4.99 Å². The number of phenolic OH excluding ortho intramolecular Hbond substituents is 1. The third-order valence-electron chi connectivity index (χ3n) is 2.57.